The number of carbonyl (C=O) groups excluding carboxylic acids is 3. The molecule has 3 fully saturated rings. The minimum absolute atomic E-state index is 0.253. The average Bonchev–Trinajstić information content (AvgIpc) is 3.55. The molecule has 5 rings (SSSR count). The Hall–Kier alpha value is -3.43. The molecule has 3 aliphatic heterocycles. The van der Waals surface area contributed by atoms with Gasteiger partial charge in [-0.3, -0.25) is 14.4 Å². The molecule has 2 unspecified atom stereocenters. The van der Waals surface area contributed by atoms with Gasteiger partial charge in [0.1, 0.15) is 17.4 Å². The molecular formula is C27H31N3O6. The first-order valence-electron chi connectivity index (χ1n) is 12.3. The van der Waals surface area contributed by atoms with Gasteiger partial charge in [0.25, 0.3) is 0 Å². The fraction of sp³-hybridized carbons (Fsp3) is 0.444. The fourth-order valence-corrected chi connectivity index (χ4v) is 6.04. The number of likely N-dealkylation sites (tertiary alicyclic amines) is 1. The van der Waals surface area contributed by atoms with Crippen LogP contribution in [0.1, 0.15) is 25.3 Å². The molecule has 2 aromatic rings. The summed E-state index contributed by atoms with van der Waals surface area (Å²) in [5.41, 5.74) is 0.389. The van der Waals surface area contributed by atoms with Gasteiger partial charge in [-0.25, -0.2) is 0 Å². The predicted octanol–water partition coefficient (Wildman–Crippen LogP) is 1.71. The van der Waals surface area contributed by atoms with Crippen molar-refractivity contribution in [3.05, 3.63) is 60.2 Å². The molecule has 9 heteroatoms. The number of aliphatic hydroxyl groups excluding tert-OH is 1. The molecule has 2 aromatic carbocycles. The van der Waals surface area contributed by atoms with E-state index >= 15 is 0 Å². The van der Waals surface area contributed by atoms with Gasteiger partial charge in [0.15, 0.2) is 0 Å². The minimum Gasteiger partial charge on any atom is -0.497 e. The maximum atomic E-state index is 13.8. The summed E-state index contributed by atoms with van der Waals surface area (Å²) in [4.78, 5) is 42.2. The summed E-state index contributed by atoms with van der Waals surface area (Å²) in [5.74, 6) is -1.80. The Kier molecular flexibility index (Phi) is 6.44. The number of amides is 3. The van der Waals surface area contributed by atoms with Crippen molar-refractivity contribution in [3.63, 3.8) is 0 Å². The van der Waals surface area contributed by atoms with Crippen LogP contribution in [0, 0.1) is 11.8 Å². The van der Waals surface area contributed by atoms with Crippen LogP contribution in [-0.4, -0.2) is 65.2 Å². The van der Waals surface area contributed by atoms with Gasteiger partial charge in [-0.15, -0.1) is 0 Å². The highest BCUT2D eigenvalue weighted by atomic mass is 16.5. The first-order chi connectivity index (χ1) is 17.4. The number of benzene rings is 2. The van der Waals surface area contributed by atoms with E-state index in [2.05, 4.69) is 10.6 Å². The van der Waals surface area contributed by atoms with E-state index in [1.807, 2.05) is 30.3 Å². The number of aliphatic hydroxyl groups is 1. The highest BCUT2D eigenvalue weighted by Gasteiger charge is 2.74. The van der Waals surface area contributed by atoms with Crippen molar-refractivity contribution in [1.82, 2.24) is 10.2 Å². The van der Waals surface area contributed by atoms with Crippen molar-refractivity contribution >= 4 is 23.4 Å². The molecule has 0 aromatic heterocycles. The number of ether oxygens (including phenoxy) is 2. The molecule has 1 spiro atoms. The highest BCUT2D eigenvalue weighted by molar-refractivity contribution is 6.03. The molecule has 190 valence electrons. The van der Waals surface area contributed by atoms with E-state index in [1.54, 1.807) is 38.3 Å². The number of methoxy groups -OCH3 is 1. The second kappa shape index (κ2) is 9.55. The molecule has 0 aliphatic carbocycles. The van der Waals surface area contributed by atoms with Gasteiger partial charge >= 0.3 is 0 Å². The van der Waals surface area contributed by atoms with Gasteiger partial charge in [-0.2, -0.15) is 0 Å². The van der Waals surface area contributed by atoms with Gasteiger partial charge in [-0.05, 0) is 49.6 Å². The van der Waals surface area contributed by atoms with Crippen molar-refractivity contribution in [2.75, 3.05) is 19.0 Å². The standard InChI is InChI=1S/C27H31N3O6/c1-16(15-31)30-23(25(33)29-18-8-10-19(35-2)11-9-18)27-13-12-20(36-27)21(22(27)26(30)34)24(32)28-14-17-6-4-3-5-7-17/h3-11,16,20-23,31H,12-15H2,1-2H3,(H,28,32)(H,29,33)/t16-,20-,21+,22+,23?,27?/m1/s1. The van der Waals surface area contributed by atoms with Gasteiger partial charge < -0.3 is 30.1 Å². The van der Waals surface area contributed by atoms with E-state index in [0.29, 0.717) is 30.8 Å². The third kappa shape index (κ3) is 3.92. The van der Waals surface area contributed by atoms with Crippen LogP contribution in [0.2, 0.25) is 0 Å². The van der Waals surface area contributed by atoms with Crippen molar-refractivity contribution in [1.29, 1.82) is 0 Å². The maximum Gasteiger partial charge on any atom is 0.250 e. The summed E-state index contributed by atoms with van der Waals surface area (Å²) in [6, 6.07) is 14.9. The van der Waals surface area contributed by atoms with Gasteiger partial charge in [0, 0.05) is 12.2 Å². The van der Waals surface area contributed by atoms with Crippen LogP contribution in [0.25, 0.3) is 0 Å². The third-order valence-electron chi connectivity index (χ3n) is 7.70. The van der Waals surface area contributed by atoms with E-state index < -0.39 is 41.5 Å². The Bertz CT molecular complexity index is 1140. The quantitative estimate of drug-likeness (QED) is 0.516. The van der Waals surface area contributed by atoms with E-state index in [1.165, 1.54) is 4.90 Å². The normalized spacial score (nSPS) is 29.1. The number of nitrogens with one attached hydrogen (secondary N) is 2. The number of carbonyl (C=O) groups is 3. The molecule has 0 saturated carbocycles. The number of hydrogen-bond acceptors (Lipinski definition) is 6. The molecular weight excluding hydrogens is 462 g/mol. The van der Waals surface area contributed by atoms with Crippen LogP contribution in [-0.2, 0) is 25.7 Å². The van der Waals surface area contributed by atoms with E-state index in [-0.39, 0.29) is 18.4 Å². The number of anilines is 1. The summed E-state index contributed by atoms with van der Waals surface area (Å²) in [5, 5.41) is 15.8. The third-order valence-corrected chi connectivity index (χ3v) is 7.70. The molecule has 3 amide bonds. The van der Waals surface area contributed by atoms with Gasteiger partial charge in [0.2, 0.25) is 17.7 Å². The summed E-state index contributed by atoms with van der Waals surface area (Å²) >= 11 is 0. The zero-order chi connectivity index (χ0) is 25.4. The molecule has 3 N–H and O–H groups in total. The summed E-state index contributed by atoms with van der Waals surface area (Å²) in [6.45, 7) is 1.73. The van der Waals surface area contributed by atoms with Crippen LogP contribution < -0.4 is 15.4 Å². The molecule has 36 heavy (non-hydrogen) atoms. The highest BCUT2D eigenvalue weighted by Crippen LogP contribution is 2.58. The monoisotopic (exact) mass is 493 g/mol. The maximum absolute atomic E-state index is 13.8. The lowest BCUT2D eigenvalue weighted by Crippen LogP contribution is -2.55. The summed E-state index contributed by atoms with van der Waals surface area (Å²) < 4.78 is 11.6. The summed E-state index contributed by atoms with van der Waals surface area (Å²) in [7, 11) is 1.56. The fourth-order valence-electron chi connectivity index (χ4n) is 6.04. The van der Waals surface area contributed by atoms with Crippen molar-refractivity contribution < 1.29 is 29.0 Å². The molecule has 2 bridgehead atoms. The zero-order valence-electron chi connectivity index (χ0n) is 20.3. The Morgan fingerprint density at radius 1 is 1.17 bits per heavy atom. The molecule has 3 heterocycles. The van der Waals surface area contributed by atoms with Crippen molar-refractivity contribution in [2.45, 2.75) is 50.1 Å². The number of hydrogen-bond donors (Lipinski definition) is 3. The molecule has 9 nitrogen and oxygen atoms in total. The second-order valence-corrected chi connectivity index (χ2v) is 9.75. The Labute approximate surface area is 209 Å². The topological polar surface area (TPSA) is 117 Å². The molecule has 0 radical (unpaired) electrons. The Morgan fingerprint density at radius 3 is 2.56 bits per heavy atom. The lowest BCUT2D eigenvalue weighted by atomic mass is 9.70. The lowest BCUT2D eigenvalue weighted by molar-refractivity contribution is -0.143. The van der Waals surface area contributed by atoms with E-state index in [9.17, 15) is 19.5 Å². The first-order valence-corrected chi connectivity index (χ1v) is 12.3. The number of nitrogens with zero attached hydrogens (tertiary/aromatic N) is 1. The minimum atomic E-state index is -1.11. The second-order valence-electron chi connectivity index (χ2n) is 9.75. The van der Waals surface area contributed by atoms with E-state index in [0.717, 1.165) is 5.56 Å². The van der Waals surface area contributed by atoms with Crippen molar-refractivity contribution in [2.24, 2.45) is 11.8 Å². The predicted molar refractivity (Wildman–Crippen MR) is 131 cm³/mol. The Morgan fingerprint density at radius 2 is 1.89 bits per heavy atom. The number of fused-ring (bicyclic) bond motifs is 1. The van der Waals surface area contributed by atoms with Crippen molar-refractivity contribution in [3.8, 4) is 5.75 Å². The molecule has 3 aliphatic rings. The SMILES string of the molecule is COc1ccc(NC(=O)C2N([C@H](C)CO)C(=O)[C@@H]3[C@@H](C(=O)NCc4ccccc4)[C@H]4CCC23O4)cc1. The Balaban J connectivity index is 1.42. The van der Waals surface area contributed by atoms with Gasteiger partial charge in [0.05, 0.1) is 37.7 Å². The van der Waals surface area contributed by atoms with Crippen LogP contribution >= 0.6 is 0 Å². The average molecular weight is 494 g/mol. The smallest absolute Gasteiger partial charge is 0.250 e. The van der Waals surface area contributed by atoms with E-state index in [4.69, 9.17) is 9.47 Å². The zero-order valence-corrected chi connectivity index (χ0v) is 20.3. The van der Waals surface area contributed by atoms with Gasteiger partial charge in [-0.1, -0.05) is 30.3 Å². The van der Waals surface area contributed by atoms with Crippen LogP contribution in [0.4, 0.5) is 5.69 Å². The summed E-state index contributed by atoms with van der Waals surface area (Å²) in [6.07, 6.45) is 0.643. The van der Waals surface area contributed by atoms with Crippen LogP contribution in [0.15, 0.2) is 54.6 Å². The van der Waals surface area contributed by atoms with Crippen LogP contribution in [0.5, 0.6) is 5.75 Å². The first kappa shape index (κ1) is 24.3. The largest absolute Gasteiger partial charge is 0.497 e. The lowest BCUT2D eigenvalue weighted by Gasteiger charge is -2.35. The number of rotatable bonds is 8. The molecule has 3 saturated heterocycles. The molecule has 6 atom stereocenters. The van der Waals surface area contributed by atoms with Crippen LogP contribution in [0.3, 0.4) is 0 Å².